The van der Waals surface area contributed by atoms with Crippen molar-refractivity contribution < 1.29 is 0 Å². The van der Waals surface area contributed by atoms with Crippen LogP contribution in [0.4, 0.5) is 34.1 Å². The third-order valence-corrected chi connectivity index (χ3v) is 13.0. The van der Waals surface area contributed by atoms with Crippen LogP contribution in [0.2, 0.25) is 0 Å². The zero-order chi connectivity index (χ0) is 42.0. The van der Waals surface area contributed by atoms with Gasteiger partial charge in [-0.3, -0.25) is 0 Å². The van der Waals surface area contributed by atoms with Crippen LogP contribution in [0.15, 0.2) is 255 Å². The number of anilines is 6. The summed E-state index contributed by atoms with van der Waals surface area (Å²) in [7, 11) is 0. The zero-order valence-corrected chi connectivity index (χ0v) is 35.4. The molecule has 0 fully saturated rings. The second-order valence-corrected chi connectivity index (χ2v) is 16.7. The van der Waals surface area contributed by atoms with E-state index in [0.29, 0.717) is 0 Å². The lowest BCUT2D eigenvalue weighted by atomic mass is 9.95. The molecule has 298 valence electrons. The van der Waals surface area contributed by atoms with Crippen molar-refractivity contribution in [1.29, 1.82) is 0 Å². The van der Waals surface area contributed by atoms with Crippen molar-refractivity contribution in [3.63, 3.8) is 0 Å². The van der Waals surface area contributed by atoms with E-state index in [9.17, 15) is 0 Å². The summed E-state index contributed by atoms with van der Waals surface area (Å²) in [5, 5.41) is 2.51. The van der Waals surface area contributed by atoms with Gasteiger partial charge in [0.25, 0.3) is 0 Å². The number of benzene rings is 10. The fourth-order valence-electron chi connectivity index (χ4n) is 9.11. The van der Waals surface area contributed by atoms with Crippen molar-refractivity contribution in [3.8, 4) is 44.5 Å². The molecule has 0 spiro atoms. The van der Waals surface area contributed by atoms with Gasteiger partial charge >= 0.3 is 0 Å². The van der Waals surface area contributed by atoms with E-state index in [1.54, 1.807) is 0 Å². The molecule has 0 saturated heterocycles. The molecule has 63 heavy (non-hydrogen) atoms. The maximum Gasteiger partial charge on any atom is 0.0555 e. The molecular weight excluding hydrogens is 781 g/mol. The van der Waals surface area contributed by atoms with E-state index in [4.69, 9.17) is 0 Å². The molecule has 1 heterocycles. The van der Waals surface area contributed by atoms with Gasteiger partial charge in [-0.05, 0) is 65.2 Å². The lowest BCUT2D eigenvalue weighted by Gasteiger charge is -2.33. The van der Waals surface area contributed by atoms with Crippen LogP contribution in [0.25, 0.3) is 64.7 Å². The molecule has 2 nitrogen and oxygen atoms in total. The van der Waals surface area contributed by atoms with Crippen LogP contribution in [-0.4, -0.2) is 0 Å². The van der Waals surface area contributed by atoms with Gasteiger partial charge in [0.1, 0.15) is 0 Å². The Bertz CT molecular complexity index is 3270. The molecule has 11 aromatic rings. The standard InChI is InChI=1S/C60H42N2S/c1-4-23-43(24-5-1)46-29-10-16-35-52(46)61(53-36-17-11-30-47(53)44-25-6-2-7-26-44)55-38-19-13-32-49(55)50-33-14-20-39-56(50)62(54-37-18-12-31-48(54)45-27-8-3-9-28-45)57-40-22-42-59-60(57)51-34-15-21-41-58(51)63-59/h1-42H. The second-order valence-electron chi connectivity index (χ2n) is 15.6. The van der Waals surface area contributed by atoms with Crippen LogP contribution in [0.1, 0.15) is 0 Å². The van der Waals surface area contributed by atoms with Crippen LogP contribution in [-0.2, 0) is 0 Å². The molecule has 0 saturated carbocycles. The molecule has 0 aliphatic rings. The molecule has 1 aromatic heterocycles. The maximum absolute atomic E-state index is 2.51. The van der Waals surface area contributed by atoms with Crippen molar-refractivity contribution in [2.24, 2.45) is 0 Å². The molecule has 0 unspecified atom stereocenters. The third kappa shape index (κ3) is 7.05. The summed E-state index contributed by atoms with van der Waals surface area (Å²) in [6.07, 6.45) is 0. The first-order valence-corrected chi connectivity index (χ1v) is 22.3. The minimum absolute atomic E-state index is 1.08. The molecule has 3 heteroatoms. The SMILES string of the molecule is c1ccc(-c2ccccc2N(c2ccccc2-c2ccccc2)c2ccccc2-c2ccccc2N(c2ccccc2-c2ccccc2)c2cccc3sc4ccccc4c23)cc1. The lowest BCUT2D eigenvalue weighted by Crippen LogP contribution is -2.15. The minimum Gasteiger partial charge on any atom is -0.309 e. The Morgan fingerprint density at radius 1 is 0.222 bits per heavy atom. The summed E-state index contributed by atoms with van der Waals surface area (Å²) in [4.78, 5) is 4.99. The van der Waals surface area contributed by atoms with Gasteiger partial charge in [-0.15, -0.1) is 11.3 Å². The summed E-state index contributed by atoms with van der Waals surface area (Å²) in [6.45, 7) is 0. The van der Waals surface area contributed by atoms with Gasteiger partial charge in [0.2, 0.25) is 0 Å². The van der Waals surface area contributed by atoms with Crippen molar-refractivity contribution in [2.75, 3.05) is 9.80 Å². The normalized spacial score (nSPS) is 11.2. The quantitative estimate of drug-likeness (QED) is 0.136. The van der Waals surface area contributed by atoms with Gasteiger partial charge in [-0.1, -0.05) is 206 Å². The summed E-state index contributed by atoms with van der Waals surface area (Å²) in [5.41, 5.74) is 15.8. The predicted octanol–water partition coefficient (Wildman–Crippen LogP) is 17.7. The van der Waals surface area contributed by atoms with Gasteiger partial charge in [-0.25, -0.2) is 0 Å². The average Bonchev–Trinajstić information content (AvgIpc) is 3.75. The van der Waals surface area contributed by atoms with Crippen LogP contribution in [0.5, 0.6) is 0 Å². The largest absolute Gasteiger partial charge is 0.309 e. The van der Waals surface area contributed by atoms with E-state index in [1.807, 2.05) is 11.3 Å². The Kier molecular flexibility index (Phi) is 10.1. The molecular formula is C60H42N2S. The van der Waals surface area contributed by atoms with Crippen LogP contribution < -0.4 is 9.80 Å². The Morgan fingerprint density at radius 2 is 0.524 bits per heavy atom. The van der Waals surface area contributed by atoms with Gasteiger partial charge < -0.3 is 9.80 Å². The summed E-state index contributed by atoms with van der Waals surface area (Å²) in [6, 6.07) is 92.2. The topological polar surface area (TPSA) is 6.48 Å². The van der Waals surface area contributed by atoms with E-state index < -0.39 is 0 Å². The first kappa shape index (κ1) is 38.0. The molecule has 10 aromatic carbocycles. The van der Waals surface area contributed by atoms with Gasteiger partial charge in [-0.2, -0.15) is 0 Å². The molecule has 0 N–H and O–H groups in total. The molecule has 11 rings (SSSR count). The van der Waals surface area contributed by atoms with Crippen LogP contribution >= 0.6 is 11.3 Å². The monoisotopic (exact) mass is 822 g/mol. The van der Waals surface area contributed by atoms with Crippen LogP contribution in [0.3, 0.4) is 0 Å². The zero-order valence-electron chi connectivity index (χ0n) is 34.6. The molecule has 0 aliphatic heterocycles. The fourth-order valence-corrected chi connectivity index (χ4v) is 10.2. The number of hydrogen-bond donors (Lipinski definition) is 0. The van der Waals surface area contributed by atoms with Crippen molar-refractivity contribution in [2.45, 2.75) is 0 Å². The van der Waals surface area contributed by atoms with E-state index in [1.165, 1.54) is 25.7 Å². The second kappa shape index (κ2) is 16.8. The summed E-state index contributed by atoms with van der Waals surface area (Å²) < 4.78 is 2.54. The Balaban J connectivity index is 1.20. The van der Waals surface area contributed by atoms with Gasteiger partial charge in [0.05, 0.1) is 34.1 Å². The van der Waals surface area contributed by atoms with Crippen LogP contribution in [0, 0.1) is 0 Å². The van der Waals surface area contributed by atoms with E-state index in [0.717, 1.165) is 73.1 Å². The van der Waals surface area contributed by atoms with Crippen molar-refractivity contribution in [1.82, 2.24) is 0 Å². The number of thiophene rings is 1. The van der Waals surface area contributed by atoms with E-state index in [-0.39, 0.29) is 0 Å². The average molecular weight is 823 g/mol. The Labute approximate surface area is 372 Å². The molecule has 0 aliphatic carbocycles. The fraction of sp³-hybridized carbons (Fsp3) is 0. The number of rotatable bonds is 10. The lowest BCUT2D eigenvalue weighted by molar-refractivity contribution is 1.27. The van der Waals surface area contributed by atoms with Gasteiger partial charge in [0.15, 0.2) is 0 Å². The highest BCUT2D eigenvalue weighted by Crippen LogP contribution is 2.52. The number of fused-ring (bicyclic) bond motifs is 3. The molecule has 0 atom stereocenters. The van der Waals surface area contributed by atoms with Gasteiger partial charge in [0, 0.05) is 48.0 Å². The first-order valence-electron chi connectivity index (χ1n) is 21.4. The first-order chi connectivity index (χ1) is 31.3. The van der Waals surface area contributed by atoms with Crippen molar-refractivity contribution >= 4 is 65.6 Å². The van der Waals surface area contributed by atoms with E-state index >= 15 is 0 Å². The Morgan fingerprint density at radius 3 is 0.968 bits per heavy atom. The molecule has 0 amide bonds. The van der Waals surface area contributed by atoms with E-state index in [2.05, 4.69) is 265 Å². The smallest absolute Gasteiger partial charge is 0.0555 e. The number of para-hydroxylation sites is 5. The third-order valence-electron chi connectivity index (χ3n) is 11.9. The van der Waals surface area contributed by atoms with Crippen molar-refractivity contribution in [3.05, 3.63) is 255 Å². The highest BCUT2D eigenvalue weighted by atomic mass is 32.1. The highest BCUT2D eigenvalue weighted by molar-refractivity contribution is 7.26. The summed E-state index contributed by atoms with van der Waals surface area (Å²) in [5.74, 6) is 0. The number of hydrogen-bond acceptors (Lipinski definition) is 3. The predicted molar refractivity (Wildman–Crippen MR) is 270 cm³/mol. The molecule has 0 radical (unpaired) electrons. The molecule has 0 bridgehead atoms. The Hall–Kier alpha value is -7.98. The maximum atomic E-state index is 2.51. The highest BCUT2D eigenvalue weighted by Gasteiger charge is 2.27. The number of nitrogens with zero attached hydrogens (tertiary/aromatic N) is 2. The summed E-state index contributed by atoms with van der Waals surface area (Å²) >= 11 is 1.85. The minimum atomic E-state index is 1.08.